The molecule has 0 saturated heterocycles. The molecule has 9 heteroatoms. The number of nitrogens with zero attached hydrogens (tertiary/aromatic N) is 3. The van der Waals surface area contributed by atoms with Crippen molar-refractivity contribution in [3.05, 3.63) is 66.0 Å². The van der Waals surface area contributed by atoms with Crippen LogP contribution in [-0.4, -0.2) is 20.7 Å². The van der Waals surface area contributed by atoms with Gasteiger partial charge in [-0.25, -0.2) is 4.98 Å². The molecule has 0 saturated carbocycles. The first kappa shape index (κ1) is 17.5. The van der Waals surface area contributed by atoms with Crippen LogP contribution >= 0.6 is 0 Å². The van der Waals surface area contributed by atoms with E-state index in [9.17, 15) is 18.0 Å². The molecule has 6 nitrogen and oxygen atoms in total. The third-order valence-corrected chi connectivity index (χ3v) is 3.46. The Labute approximate surface area is 146 Å². The van der Waals surface area contributed by atoms with Crippen molar-refractivity contribution in [2.24, 2.45) is 7.05 Å². The zero-order valence-electron chi connectivity index (χ0n) is 13.6. The second-order valence-corrected chi connectivity index (χ2v) is 5.43. The summed E-state index contributed by atoms with van der Waals surface area (Å²) in [5.41, 5.74) is -0.445. The van der Waals surface area contributed by atoms with Crippen molar-refractivity contribution in [2.75, 3.05) is 10.6 Å². The summed E-state index contributed by atoms with van der Waals surface area (Å²) in [4.78, 5) is 16.5. The third-order valence-electron chi connectivity index (χ3n) is 3.46. The molecule has 0 unspecified atom stereocenters. The zero-order chi connectivity index (χ0) is 18.7. The van der Waals surface area contributed by atoms with E-state index in [0.717, 1.165) is 12.1 Å². The quantitative estimate of drug-likeness (QED) is 0.741. The van der Waals surface area contributed by atoms with Crippen molar-refractivity contribution in [3.8, 4) is 0 Å². The minimum Gasteiger partial charge on any atom is -0.340 e. The van der Waals surface area contributed by atoms with E-state index < -0.39 is 17.6 Å². The third kappa shape index (κ3) is 4.00. The van der Waals surface area contributed by atoms with Crippen molar-refractivity contribution in [1.29, 1.82) is 0 Å². The normalized spacial score (nSPS) is 11.2. The molecule has 0 bridgehead atoms. The molecule has 2 aromatic heterocycles. The molecule has 3 rings (SSSR count). The number of carbonyl (C=O) groups is 1. The summed E-state index contributed by atoms with van der Waals surface area (Å²) in [5, 5.41) is 9.42. The Hall–Kier alpha value is -3.36. The van der Waals surface area contributed by atoms with Gasteiger partial charge in [-0.15, -0.1) is 0 Å². The van der Waals surface area contributed by atoms with Crippen LogP contribution in [0, 0.1) is 0 Å². The topological polar surface area (TPSA) is 71.8 Å². The maximum atomic E-state index is 12.8. The number of anilines is 3. The Morgan fingerprint density at radius 1 is 1.15 bits per heavy atom. The highest BCUT2D eigenvalue weighted by molar-refractivity contribution is 6.07. The van der Waals surface area contributed by atoms with Crippen LogP contribution in [0.5, 0.6) is 0 Å². The highest BCUT2D eigenvalue weighted by atomic mass is 19.4. The average Bonchev–Trinajstić information content (AvgIpc) is 2.99. The van der Waals surface area contributed by atoms with Crippen molar-refractivity contribution < 1.29 is 18.0 Å². The van der Waals surface area contributed by atoms with E-state index in [0.29, 0.717) is 5.82 Å². The number of carbonyl (C=O) groups excluding carboxylic acids is 1. The average molecular weight is 361 g/mol. The summed E-state index contributed by atoms with van der Waals surface area (Å²) < 4.78 is 40.1. The van der Waals surface area contributed by atoms with Crippen molar-refractivity contribution in [1.82, 2.24) is 14.8 Å². The fourth-order valence-corrected chi connectivity index (χ4v) is 2.26. The van der Waals surface area contributed by atoms with Gasteiger partial charge in [0.05, 0.1) is 11.1 Å². The molecule has 1 aromatic carbocycles. The summed E-state index contributed by atoms with van der Waals surface area (Å²) in [6.07, 6.45) is -1.35. The SMILES string of the molecule is Cn1ccc(NC(=O)c2cccnc2Nc2cccc(C(F)(F)F)c2)n1. The number of halogens is 3. The molecule has 0 aliphatic carbocycles. The minimum atomic E-state index is -4.46. The summed E-state index contributed by atoms with van der Waals surface area (Å²) in [7, 11) is 1.71. The zero-order valence-corrected chi connectivity index (χ0v) is 13.6. The molecule has 3 aromatic rings. The number of alkyl halides is 3. The molecule has 2 N–H and O–H groups in total. The molecule has 0 radical (unpaired) electrons. The smallest absolute Gasteiger partial charge is 0.340 e. The van der Waals surface area contributed by atoms with E-state index in [-0.39, 0.29) is 17.1 Å². The summed E-state index contributed by atoms with van der Waals surface area (Å²) in [6, 6.07) is 9.36. The van der Waals surface area contributed by atoms with Gasteiger partial charge in [0.2, 0.25) is 0 Å². The first-order valence-electron chi connectivity index (χ1n) is 7.53. The van der Waals surface area contributed by atoms with Gasteiger partial charge in [0, 0.05) is 31.2 Å². The lowest BCUT2D eigenvalue weighted by atomic mass is 10.2. The number of aryl methyl sites for hydroxylation is 1. The number of amides is 1. The lowest BCUT2D eigenvalue weighted by molar-refractivity contribution is -0.137. The molecule has 2 heterocycles. The predicted octanol–water partition coefficient (Wildman–Crippen LogP) is 3.83. The van der Waals surface area contributed by atoms with Gasteiger partial charge in [-0.2, -0.15) is 18.3 Å². The monoisotopic (exact) mass is 361 g/mol. The van der Waals surface area contributed by atoms with E-state index in [2.05, 4.69) is 20.7 Å². The predicted molar refractivity (Wildman–Crippen MR) is 90.1 cm³/mol. The number of aromatic nitrogens is 3. The molecule has 0 aliphatic heterocycles. The van der Waals surface area contributed by atoms with Gasteiger partial charge in [-0.3, -0.25) is 9.48 Å². The molecular formula is C17H14F3N5O. The van der Waals surface area contributed by atoms with Gasteiger partial charge in [-0.05, 0) is 30.3 Å². The number of benzene rings is 1. The Kier molecular flexibility index (Phi) is 4.61. The molecule has 0 aliphatic rings. The van der Waals surface area contributed by atoms with Crippen molar-refractivity contribution >= 4 is 23.2 Å². The summed E-state index contributed by atoms with van der Waals surface area (Å²) in [5.74, 6) is 0.0119. The van der Waals surface area contributed by atoms with Crippen LogP contribution in [0.1, 0.15) is 15.9 Å². The fourth-order valence-electron chi connectivity index (χ4n) is 2.26. The standard InChI is InChI=1S/C17H14F3N5O/c1-25-9-7-14(24-25)23-16(26)13-6-3-8-21-15(13)22-12-5-2-4-11(10-12)17(18,19)20/h2-10H,1H3,(H,21,22)(H,23,24,26). The molecule has 0 spiro atoms. The maximum Gasteiger partial charge on any atom is 0.416 e. The molecule has 134 valence electrons. The first-order valence-corrected chi connectivity index (χ1v) is 7.53. The Balaban J connectivity index is 1.84. The second-order valence-electron chi connectivity index (χ2n) is 5.43. The van der Waals surface area contributed by atoms with Crippen molar-refractivity contribution in [2.45, 2.75) is 6.18 Å². The molecule has 1 amide bonds. The van der Waals surface area contributed by atoms with Gasteiger partial charge in [0.15, 0.2) is 5.82 Å². The molecular weight excluding hydrogens is 347 g/mol. The van der Waals surface area contributed by atoms with Crippen LogP contribution in [0.15, 0.2) is 54.9 Å². The van der Waals surface area contributed by atoms with Gasteiger partial charge in [0.25, 0.3) is 5.91 Å². The highest BCUT2D eigenvalue weighted by Crippen LogP contribution is 2.31. The largest absolute Gasteiger partial charge is 0.416 e. The van der Waals surface area contributed by atoms with Crippen LogP contribution in [0.4, 0.5) is 30.5 Å². The maximum absolute atomic E-state index is 12.8. The van der Waals surface area contributed by atoms with Gasteiger partial charge >= 0.3 is 6.18 Å². The van der Waals surface area contributed by atoms with Gasteiger partial charge in [-0.1, -0.05) is 6.07 Å². The van der Waals surface area contributed by atoms with E-state index in [1.807, 2.05) is 0 Å². The summed E-state index contributed by atoms with van der Waals surface area (Å²) in [6.45, 7) is 0. The van der Waals surface area contributed by atoms with Crippen LogP contribution in [0.25, 0.3) is 0 Å². The number of hydrogen-bond acceptors (Lipinski definition) is 4. The fraction of sp³-hybridized carbons (Fsp3) is 0.118. The van der Waals surface area contributed by atoms with Gasteiger partial charge < -0.3 is 10.6 Å². The Bertz CT molecular complexity index is 936. The van der Waals surface area contributed by atoms with Gasteiger partial charge in [0.1, 0.15) is 5.82 Å². The molecule has 0 fully saturated rings. The minimum absolute atomic E-state index is 0.139. The van der Waals surface area contributed by atoms with E-state index >= 15 is 0 Å². The number of nitrogens with one attached hydrogen (secondary N) is 2. The first-order chi connectivity index (χ1) is 12.3. The number of rotatable bonds is 4. The van der Waals surface area contributed by atoms with Crippen LogP contribution in [-0.2, 0) is 13.2 Å². The second kappa shape index (κ2) is 6.87. The number of hydrogen-bond donors (Lipinski definition) is 2. The van der Waals surface area contributed by atoms with E-state index in [1.165, 1.54) is 29.1 Å². The lowest BCUT2D eigenvalue weighted by Gasteiger charge is -2.12. The van der Waals surface area contributed by atoms with Crippen LogP contribution in [0.3, 0.4) is 0 Å². The lowest BCUT2D eigenvalue weighted by Crippen LogP contribution is -2.15. The Morgan fingerprint density at radius 3 is 2.65 bits per heavy atom. The summed E-state index contributed by atoms with van der Waals surface area (Å²) >= 11 is 0. The van der Waals surface area contributed by atoms with E-state index in [4.69, 9.17) is 0 Å². The Morgan fingerprint density at radius 2 is 1.96 bits per heavy atom. The highest BCUT2D eigenvalue weighted by Gasteiger charge is 2.30. The van der Waals surface area contributed by atoms with Crippen molar-refractivity contribution in [3.63, 3.8) is 0 Å². The number of pyridine rings is 1. The van der Waals surface area contributed by atoms with E-state index in [1.54, 1.807) is 25.4 Å². The molecule has 0 atom stereocenters. The van der Waals surface area contributed by atoms with Crippen LogP contribution in [0.2, 0.25) is 0 Å². The molecule has 26 heavy (non-hydrogen) atoms. The van der Waals surface area contributed by atoms with Crippen LogP contribution < -0.4 is 10.6 Å².